The lowest BCUT2D eigenvalue weighted by Gasteiger charge is -2.62. The zero-order chi connectivity index (χ0) is 34.2. The van der Waals surface area contributed by atoms with Gasteiger partial charge in [-0.3, -0.25) is 24.0 Å². The van der Waals surface area contributed by atoms with Crippen LogP contribution in [0.4, 0.5) is 4.39 Å². The molecule has 47 heavy (non-hydrogen) atoms. The maximum atomic E-state index is 17.4. The summed E-state index contributed by atoms with van der Waals surface area (Å²) in [6.45, 7) is 4.42. The fourth-order valence-corrected chi connectivity index (χ4v) is 10.4. The molecule has 4 saturated carbocycles. The van der Waals surface area contributed by atoms with Crippen LogP contribution in [0.25, 0.3) is 0 Å². The van der Waals surface area contributed by atoms with Gasteiger partial charge >= 0.3 is 11.9 Å². The Bertz CT molecular complexity index is 1470. The van der Waals surface area contributed by atoms with Crippen molar-refractivity contribution in [1.29, 1.82) is 0 Å². The summed E-state index contributed by atoms with van der Waals surface area (Å²) in [6, 6.07) is 0. The molecule has 0 unspecified atom stereocenters. The van der Waals surface area contributed by atoms with E-state index in [0.29, 0.717) is 42.7 Å². The number of carbonyl (C=O) groups excluding carboxylic acids is 6. The largest absolute Gasteiger partial charge is 0.458 e. The predicted molar refractivity (Wildman–Crippen MR) is 161 cm³/mol. The summed E-state index contributed by atoms with van der Waals surface area (Å²) in [7, 11) is 0. The molecule has 0 bridgehead atoms. The van der Waals surface area contributed by atoms with Crippen LogP contribution < -0.4 is 0 Å². The maximum Gasteiger partial charge on any atom is 0.333 e. The normalized spacial score (nSPS) is 40.4. The number of hydroxylamine groups is 2. The molecular formula is C35H44FNO10. The Morgan fingerprint density at radius 1 is 1.00 bits per heavy atom. The highest BCUT2D eigenvalue weighted by Crippen LogP contribution is 2.70. The van der Waals surface area contributed by atoms with Crippen molar-refractivity contribution in [2.75, 3.05) is 6.61 Å². The summed E-state index contributed by atoms with van der Waals surface area (Å²) in [5.74, 6) is -5.42. The van der Waals surface area contributed by atoms with Crippen LogP contribution in [0.3, 0.4) is 0 Å². The van der Waals surface area contributed by atoms with Crippen molar-refractivity contribution >= 4 is 35.3 Å². The molecule has 1 saturated heterocycles. The van der Waals surface area contributed by atoms with Crippen LogP contribution in [0.15, 0.2) is 23.8 Å². The number of hydrogen-bond donors (Lipinski definition) is 2. The van der Waals surface area contributed by atoms with Crippen molar-refractivity contribution in [3.8, 4) is 0 Å². The van der Waals surface area contributed by atoms with Crippen LogP contribution in [0.2, 0.25) is 0 Å². The second kappa shape index (κ2) is 11.4. The summed E-state index contributed by atoms with van der Waals surface area (Å²) in [6.07, 6.45) is 5.83. The number of amides is 2. The Morgan fingerprint density at radius 3 is 2.30 bits per heavy atom. The van der Waals surface area contributed by atoms with Crippen molar-refractivity contribution in [1.82, 2.24) is 5.06 Å². The molecule has 5 fully saturated rings. The van der Waals surface area contributed by atoms with Gasteiger partial charge < -0.3 is 19.8 Å². The molecule has 2 amide bonds. The van der Waals surface area contributed by atoms with Gasteiger partial charge in [-0.1, -0.05) is 38.3 Å². The quantitative estimate of drug-likeness (QED) is 0.292. The molecule has 8 atom stereocenters. The van der Waals surface area contributed by atoms with Gasteiger partial charge in [-0.05, 0) is 74.9 Å². The molecule has 0 aromatic rings. The number of fused-ring (bicyclic) bond motifs is 5. The second-order valence-electron chi connectivity index (χ2n) is 15.4. The number of ether oxygens (including phenoxy) is 1. The third-order valence-electron chi connectivity index (χ3n) is 12.9. The van der Waals surface area contributed by atoms with Crippen LogP contribution >= 0.6 is 0 Å². The number of halogens is 1. The summed E-state index contributed by atoms with van der Waals surface area (Å²) in [4.78, 5) is 80.6. The lowest BCUT2D eigenvalue weighted by Crippen LogP contribution is -2.69. The molecule has 6 rings (SSSR count). The van der Waals surface area contributed by atoms with E-state index in [9.17, 15) is 39.0 Å². The van der Waals surface area contributed by atoms with E-state index in [0.717, 1.165) is 12.8 Å². The lowest BCUT2D eigenvalue weighted by molar-refractivity contribution is -0.220. The van der Waals surface area contributed by atoms with Crippen molar-refractivity contribution in [2.24, 2.45) is 34.0 Å². The Morgan fingerprint density at radius 2 is 1.64 bits per heavy atom. The number of rotatable bonds is 8. The topological polar surface area (TPSA) is 165 Å². The number of alkyl halides is 1. The molecule has 256 valence electrons. The maximum absolute atomic E-state index is 17.4. The number of ketones is 2. The number of aliphatic hydroxyl groups excluding tert-OH is 1. The van der Waals surface area contributed by atoms with Crippen LogP contribution in [-0.2, 0) is 38.3 Å². The second-order valence-corrected chi connectivity index (χ2v) is 15.4. The average molecular weight is 658 g/mol. The van der Waals surface area contributed by atoms with E-state index in [4.69, 9.17) is 9.57 Å². The van der Waals surface area contributed by atoms with Crippen molar-refractivity contribution < 1.29 is 52.9 Å². The summed E-state index contributed by atoms with van der Waals surface area (Å²) < 4.78 is 22.9. The number of carbonyl (C=O) groups is 6. The highest BCUT2D eigenvalue weighted by molar-refractivity contribution is 6.02. The van der Waals surface area contributed by atoms with Gasteiger partial charge in [0, 0.05) is 29.6 Å². The van der Waals surface area contributed by atoms with E-state index >= 15 is 4.39 Å². The van der Waals surface area contributed by atoms with E-state index in [1.165, 1.54) is 12.2 Å². The first-order chi connectivity index (χ1) is 22.0. The van der Waals surface area contributed by atoms with E-state index in [2.05, 4.69) is 0 Å². The third kappa shape index (κ3) is 4.95. The first-order valence-corrected chi connectivity index (χ1v) is 16.8. The Kier molecular flexibility index (Phi) is 8.18. The Labute approximate surface area is 272 Å². The minimum atomic E-state index is -2.11. The highest BCUT2D eigenvalue weighted by Gasteiger charge is 2.75. The fourth-order valence-electron chi connectivity index (χ4n) is 10.4. The molecule has 1 heterocycles. The number of Topliss-reactive ketones (excluding diaryl/α,β-unsaturated/α-hetero) is 1. The van der Waals surface area contributed by atoms with Crippen LogP contribution in [0, 0.1) is 34.0 Å². The number of hydrogen-bond acceptors (Lipinski definition) is 10. The van der Waals surface area contributed by atoms with Crippen LogP contribution in [-0.4, -0.2) is 74.6 Å². The monoisotopic (exact) mass is 657 g/mol. The van der Waals surface area contributed by atoms with E-state index in [-0.39, 0.29) is 37.9 Å². The molecule has 6 aliphatic rings. The molecule has 12 heteroatoms. The van der Waals surface area contributed by atoms with Gasteiger partial charge in [0.2, 0.25) is 5.78 Å². The standard InChI is InChI=1S/C35H44FNO10/c1-20-14-24-23-7-6-21-15-22(38)10-13-31(21,2)34(23,36)25(39)16-32(24,3)35(20,45)26(40)19-46-29(43)17-33(11-4-5-12-33)18-30(44)47-37-27(41)8-9-28(37)42/h10,13,15,20,23-25,39,45H,4-9,11-12,14,16-19H2,1-3H3/t20-,23+,24+,25+,31+,32+,34+,35+/m1/s1. The molecule has 0 aromatic carbocycles. The zero-order valence-electron chi connectivity index (χ0n) is 27.2. The van der Waals surface area contributed by atoms with Gasteiger partial charge in [-0.25, -0.2) is 9.18 Å². The average Bonchev–Trinajstić information content (AvgIpc) is 3.65. The van der Waals surface area contributed by atoms with Crippen molar-refractivity contribution in [2.45, 2.75) is 115 Å². The van der Waals surface area contributed by atoms with Gasteiger partial charge in [0.25, 0.3) is 11.8 Å². The fraction of sp³-hybridized carbons (Fsp3) is 0.714. The molecule has 5 aliphatic carbocycles. The van der Waals surface area contributed by atoms with Crippen molar-refractivity contribution in [3.05, 3.63) is 23.8 Å². The Hall–Kier alpha value is -3.25. The van der Waals surface area contributed by atoms with E-state index in [1.807, 2.05) is 0 Å². The summed E-state index contributed by atoms with van der Waals surface area (Å²) in [5, 5.41) is 24.2. The number of allylic oxidation sites excluding steroid dienone is 4. The number of esters is 1. The van der Waals surface area contributed by atoms with Gasteiger partial charge in [-0.15, -0.1) is 5.06 Å². The minimum Gasteiger partial charge on any atom is -0.458 e. The van der Waals surface area contributed by atoms with E-state index < -0.39 is 87.5 Å². The first kappa shape index (κ1) is 33.6. The van der Waals surface area contributed by atoms with Gasteiger partial charge in [-0.2, -0.15) is 0 Å². The molecule has 2 N–H and O–H groups in total. The molecule has 0 aromatic heterocycles. The molecule has 11 nitrogen and oxygen atoms in total. The van der Waals surface area contributed by atoms with Crippen LogP contribution in [0.5, 0.6) is 0 Å². The van der Waals surface area contributed by atoms with Gasteiger partial charge in [0.15, 0.2) is 18.1 Å². The predicted octanol–water partition coefficient (Wildman–Crippen LogP) is 3.39. The van der Waals surface area contributed by atoms with Crippen LogP contribution in [0.1, 0.15) is 97.8 Å². The molecule has 1 aliphatic heterocycles. The zero-order valence-corrected chi connectivity index (χ0v) is 27.2. The first-order valence-electron chi connectivity index (χ1n) is 16.8. The highest BCUT2D eigenvalue weighted by atomic mass is 19.1. The number of aliphatic hydroxyl groups is 2. The lowest BCUT2D eigenvalue weighted by atomic mass is 9.44. The summed E-state index contributed by atoms with van der Waals surface area (Å²) in [5.41, 5.74) is -6.69. The van der Waals surface area contributed by atoms with Gasteiger partial charge in [0.1, 0.15) is 5.60 Å². The molecular weight excluding hydrogens is 613 g/mol. The number of nitrogens with zero attached hydrogens (tertiary/aromatic N) is 1. The van der Waals surface area contributed by atoms with Crippen molar-refractivity contribution in [3.63, 3.8) is 0 Å². The Balaban J connectivity index is 1.14. The summed E-state index contributed by atoms with van der Waals surface area (Å²) >= 11 is 0. The minimum absolute atomic E-state index is 0.0339. The number of imide groups is 1. The smallest absolute Gasteiger partial charge is 0.333 e. The SMILES string of the molecule is C[C@@H]1C[C@H]2[C@@H]3CCC4=CC(=O)C=C[C@]4(C)[C@@]3(F)[C@@H](O)C[C@]2(C)[C@@]1(O)C(=O)COC(=O)CC1(CC(=O)ON2C(=O)CCC2=O)CCCC1. The molecule has 0 spiro atoms. The van der Waals surface area contributed by atoms with Gasteiger partial charge in [0.05, 0.1) is 18.9 Å². The molecule has 0 radical (unpaired) electrons. The third-order valence-corrected chi connectivity index (χ3v) is 12.9. The van der Waals surface area contributed by atoms with E-state index in [1.54, 1.807) is 26.8 Å².